The second kappa shape index (κ2) is 11.7. The summed E-state index contributed by atoms with van der Waals surface area (Å²) in [5.74, 6) is -1.65. The summed E-state index contributed by atoms with van der Waals surface area (Å²) in [5, 5.41) is 20.3. The van der Waals surface area contributed by atoms with E-state index in [-0.39, 0.29) is 9.55 Å². The Morgan fingerprint density at radius 2 is 2.00 bits per heavy atom. The van der Waals surface area contributed by atoms with Crippen LogP contribution in [0.5, 0.6) is 0 Å². The van der Waals surface area contributed by atoms with Gasteiger partial charge in [0, 0.05) is 0 Å². The molecule has 10 heteroatoms. The number of hydrogen-bond donors (Lipinski definition) is 4. The monoisotopic (exact) mass is 620 g/mol. The van der Waals surface area contributed by atoms with Gasteiger partial charge in [-0.3, -0.25) is 0 Å². The van der Waals surface area contributed by atoms with Crippen LogP contribution >= 0.6 is 40.1 Å². The Labute approximate surface area is 179 Å². The standard InChI is InChI=1S/C18H26I2N2O6/c1-19(28)17(26)15(18(21)27)16(25)13(22(2)3)8-10-20-9-6-4-5-7-12(23)11-14(20)24/h4-7,11,13,23,25,28H,8-10H2,1-3H3,(H2,21,27)/b6-4+,7-5-,12-11-,16-15-/t13-/m0/s1. The van der Waals surface area contributed by atoms with E-state index in [9.17, 15) is 28.0 Å². The molecule has 1 atom stereocenters. The van der Waals surface area contributed by atoms with E-state index < -0.39 is 67.1 Å². The molecular formula is C18H26I2N2O6. The van der Waals surface area contributed by atoms with Gasteiger partial charge in [0.25, 0.3) is 0 Å². The van der Waals surface area contributed by atoms with Crippen molar-refractivity contribution in [3.05, 3.63) is 47.5 Å². The van der Waals surface area contributed by atoms with Crippen LogP contribution < -0.4 is 5.73 Å². The van der Waals surface area contributed by atoms with Gasteiger partial charge in [-0.2, -0.15) is 0 Å². The van der Waals surface area contributed by atoms with E-state index in [2.05, 4.69) is 0 Å². The van der Waals surface area contributed by atoms with E-state index in [4.69, 9.17) is 5.73 Å². The second-order valence-corrected chi connectivity index (χ2v) is 15.2. The first-order chi connectivity index (χ1) is 13.1. The summed E-state index contributed by atoms with van der Waals surface area (Å²) in [6.07, 6.45) is 8.30. The number of hydrogen-bond acceptors (Lipinski definition) is 7. The number of carbonyl (C=O) groups excluding carboxylic acids is 3. The molecule has 0 aliphatic carbocycles. The zero-order valence-electron chi connectivity index (χ0n) is 15.9. The summed E-state index contributed by atoms with van der Waals surface area (Å²) < 4.78 is 9.86. The number of nitrogens with two attached hydrogens (primary N) is 1. The molecule has 1 rings (SSSR count). The molecule has 0 saturated heterocycles. The predicted octanol–water partition coefficient (Wildman–Crippen LogP) is 1.78. The summed E-state index contributed by atoms with van der Waals surface area (Å²) in [6, 6.07) is -0.695. The topological polar surface area (TPSA) is 141 Å². The summed E-state index contributed by atoms with van der Waals surface area (Å²) in [4.78, 5) is 39.3. The number of likely N-dealkylation sites (N-methyl/N-ethyl adjacent to an activating group) is 1. The van der Waals surface area contributed by atoms with Crippen LogP contribution in [0, 0.1) is 0 Å². The van der Waals surface area contributed by atoms with Crippen molar-refractivity contribution in [1.82, 2.24) is 4.90 Å². The summed E-state index contributed by atoms with van der Waals surface area (Å²) in [6.45, 7) is 0. The van der Waals surface area contributed by atoms with E-state index in [1.54, 1.807) is 31.1 Å². The van der Waals surface area contributed by atoms with Gasteiger partial charge in [-0.15, -0.1) is 0 Å². The molecule has 8 nitrogen and oxygen atoms in total. The number of carbonyl (C=O) groups is 3. The quantitative estimate of drug-likeness (QED) is 0.0617. The number of aliphatic hydroxyl groups excluding tert-OH is 2. The molecule has 0 saturated carbocycles. The maximum atomic E-state index is 12.4. The number of aliphatic hydroxyl groups is 2. The van der Waals surface area contributed by atoms with E-state index in [0.29, 0.717) is 15.3 Å². The molecule has 158 valence electrons. The minimum atomic E-state index is -3.04. The number of primary amides is 1. The van der Waals surface area contributed by atoms with Crippen molar-refractivity contribution in [1.29, 1.82) is 0 Å². The summed E-state index contributed by atoms with van der Waals surface area (Å²) in [7, 11) is 3.35. The van der Waals surface area contributed by atoms with Crippen LogP contribution in [0.4, 0.5) is 0 Å². The average Bonchev–Trinajstić information content (AvgIpc) is 2.65. The van der Waals surface area contributed by atoms with Crippen LogP contribution in [-0.4, -0.2) is 66.0 Å². The van der Waals surface area contributed by atoms with Crippen molar-refractivity contribution in [3.8, 4) is 0 Å². The molecule has 1 heterocycles. The number of alkyl halides is 3. The first-order valence-corrected chi connectivity index (χ1v) is 16.5. The van der Waals surface area contributed by atoms with Gasteiger partial charge in [0.05, 0.1) is 0 Å². The van der Waals surface area contributed by atoms with Gasteiger partial charge in [-0.05, 0) is 0 Å². The fraction of sp³-hybridized carbons (Fsp3) is 0.389. The van der Waals surface area contributed by atoms with Gasteiger partial charge in [0.1, 0.15) is 0 Å². The van der Waals surface area contributed by atoms with E-state index >= 15 is 0 Å². The van der Waals surface area contributed by atoms with E-state index in [0.717, 1.165) is 0 Å². The van der Waals surface area contributed by atoms with Gasteiger partial charge in [-0.25, -0.2) is 0 Å². The molecule has 0 aromatic carbocycles. The van der Waals surface area contributed by atoms with Crippen LogP contribution in [0.25, 0.3) is 0 Å². The van der Waals surface area contributed by atoms with Gasteiger partial charge < -0.3 is 0 Å². The summed E-state index contributed by atoms with van der Waals surface area (Å²) >= 11 is -5.24. The van der Waals surface area contributed by atoms with Crippen molar-refractivity contribution in [2.24, 2.45) is 5.73 Å². The van der Waals surface area contributed by atoms with Crippen molar-refractivity contribution in [2.75, 3.05) is 27.9 Å². The normalized spacial score (nSPS) is 22.8. The van der Waals surface area contributed by atoms with Gasteiger partial charge in [-0.1, -0.05) is 0 Å². The van der Waals surface area contributed by atoms with Gasteiger partial charge in [0.2, 0.25) is 0 Å². The van der Waals surface area contributed by atoms with E-state index in [1.807, 2.05) is 6.08 Å². The Balaban J connectivity index is 3.11. The molecule has 28 heavy (non-hydrogen) atoms. The van der Waals surface area contributed by atoms with Crippen LogP contribution in [0.15, 0.2) is 47.5 Å². The maximum absolute atomic E-state index is 12.4. The van der Waals surface area contributed by atoms with Crippen molar-refractivity contribution >= 4 is 53.5 Å². The number of nitrogens with zero attached hydrogens (tertiary/aromatic N) is 1. The fourth-order valence-corrected chi connectivity index (χ4v) is 8.12. The molecule has 0 aromatic heterocycles. The fourth-order valence-electron chi connectivity index (χ4n) is 2.38. The van der Waals surface area contributed by atoms with Gasteiger partial charge in [0.15, 0.2) is 0 Å². The average molecular weight is 620 g/mol. The number of amides is 1. The molecule has 1 aliphatic heterocycles. The van der Waals surface area contributed by atoms with Crippen molar-refractivity contribution in [2.45, 2.75) is 12.5 Å². The zero-order chi connectivity index (χ0) is 21.4. The number of halogens is 2. The first-order valence-electron chi connectivity index (χ1n) is 8.18. The third kappa shape index (κ3) is 7.29. The van der Waals surface area contributed by atoms with E-state index in [1.165, 1.54) is 17.1 Å². The second-order valence-electron chi connectivity index (χ2n) is 6.07. The molecular weight excluding hydrogens is 594 g/mol. The Bertz CT molecular complexity index is 740. The Morgan fingerprint density at radius 3 is 2.54 bits per heavy atom. The molecule has 0 fully saturated rings. The third-order valence-electron chi connectivity index (χ3n) is 3.81. The summed E-state index contributed by atoms with van der Waals surface area (Å²) in [5.41, 5.74) is 4.71. The molecule has 0 aromatic rings. The minimum absolute atomic E-state index is 0.0950. The molecule has 5 N–H and O–H groups in total. The Morgan fingerprint density at radius 1 is 1.36 bits per heavy atom. The van der Waals surface area contributed by atoms with Crippen LogP contribution in [0.3, 0.4) is 0 Å². The Kier molecular flexibility index (Phi) is 10.3. The first kappa shape index (κ1) is 24.8. The number of rotatable bonds is 8. The SMILES string of the molecule is CN(C)[C@@H](CCI1C/C=C/C=C\C(O)=C\C1=O)/C(O)=C(/C(N)=O)C(=O)I(C)O. The van der Waals surface area contributed by atoms with Crippen molar-refractivity contribution in [3.63, 3.8) is 0 Å². The van der Waals surface area contributed by atoms with Gasteiger partial charge >= 0.3 is 180 Å². The molecule has 0 radical (unpaired) electrons. The molecule has 1 amide bonds. The number of allylic oxidation sites excluding steroid dienone is 5. The van der Waals surface area contributed by atoms with Crippen molar-refractivity contribution < 1.29 is 28.0 Å². The molecule has 0 spiro atoms. The Hall–Kier alpha value is -1.25. The molecule has 1 aliphatic rings. The predicted molar refractivity (Wildman–Crippen MR) is 126 cm³/mol. The van der Waals surface area contributed by atoms with Crippen LogP contribution in [-0.2, 0) is 14.4 Å². The van der Waals surface area contributed by atoms with Crippen LogP contribution in [0.1, 0.15) is 6.42 Å². The molecule has 0 unspecified atom stereocenters. The third-order valence-corrected chi connectivity index (χ3v) is 11.1. The zero-order valence-corrected chi connectivity index (χ0v) is 20.2. The van der Waals surface area contributed by atoms with Crippen LogP contribution in [0.2, 0.25) is 0 Å². The molecule has 0 bridgehead atoms.